The third-order valence-corrected chi connectivity index (χ3v) is 2.66. The SMILES string of the molecule is CCc1c(O)sc(O)c1CC. The lowest BCUT2D eigenvalue weighted by molar-refractivity contribution is 0.483. The molecular weight excluding hydrogens is 160 g/mol. The average Bonchev–Trinajstić information content (AvgIpc) is 2.24. The first kappa shape index (κ1) is 8.40. The Morgan fingerprint density at radius 3 is 1.64 bits per heavy atom. The molecule has 1 aromatic heterocycles. The van der Waals surface area contributed by atoms with Gasteiger partial charge in [-0.2, -0.15) is 0 Å². The molecule has 0 aliphatic heterocycles. The molecule has 0 saturated heterocycles. The van der Waals surface area contributed by atoms with E-state index >= 15 is 0 Å². The van der Waals surface area contributed by atoms with Crippen molar-refractivity contribution in [2.45, 2.75) is 26.7 Å². The van der Waals surface area contributed by atoms with E-state index in [1.165, 1.54) is 0 Å². The van der Waals surface area contributed by atoms with Crippen molar-refractivity contribution in [1.29, 1.82) is 0 Å². The Morgan fingerprint density at radius 2 is 1.36 bits per heavy atom. The van der Waals surface area contributed by atoms with Gasteiger partial charge in [0.2, 0.25) is 0 Å². The minimum absolute atomic E-state index is 0.266. The first-order valence-electron chi connectivity index (χ1n) is 3.73. The Labute approximate surface area is 70.1 Å². The second kappa shape index (κ2) is 3.13. The van der Waals surface area contributed by atoms with Gasteiger partial charge in [-0.05, 0) is 12.8 Å². The van der Waals surface area contributed by atoms with Gasteiger partial charge in [0.05, 0.1) is 0 Å². The van der Waals surface area contributed by atoms with Gasteiger partial charge in [0, 0.05) is 11.1 Å². The Kier molecular flexibility index (Phi) is 2.39. The topological polar surface area (TPSA) is 40.5 Å². The van der Waals surface area contributed by atoms with Gasteiger partial charge in [-0.1, -0.05) is 25.2 Å². The van der Waals surface area contributed by atoms with E-state index < -0.39 is 0 Å². The number of aromatic hydroxyl groups is 2. The standard InChI is InChI=1S/C8H12O2S/c1-3-5-6(4-2)8(10)11-7(5)9/h9-10H,3-4H2,1-2H3. The molecule has 0 aliphatic rings. The van der Waals surface area contributed by atoms with Crippen LogP contribution in [0, 0.1) is 0 Å². The molecule has 0 atom stereocenters. The summed E-state index contributed by atoms with van der Waals surface area (Å²) >= 11 is 1.06. The molecule has 0 saturated carbocycles. The lowest BCUT2D eigenvalue weighted by atomic mass is 10.1. The third-order valence-electron chi connectivity index (χ3n) is 1.78. The van der Waals surface area contributed by atoms with Crippen LogP contribution in [0.5, 0.6) is 10.1 Å². The molecule has 2 N–H and O–H groups in total. The van der Waals surface area contributed by atoms with Crippen LogP contribution in [0.1, 0.15) is 25.0 Å². The fourth-order valence-electron chi connectivity index (χ4n) is 1.20. The highest BCUT2D eigenvalue weighted by molar-refractivity contribution is 7.15. The molecule has 0 spiro atoms. The smallest absolute Gasteiger partial charge is 0.178 e. The summed E-state index contributed by atoms with van der Waals surface area (Å²) in [6, 6.07) is 0. The maximum atomic E-state index is 9.30. The fourth-order valence-corrected chi connectivity index (χ4v) is 2.17. The zero-order chi connectivity index (χ0) is 8.43. The van der Waals surface area contributed by atoms with Gasteiger partial charge in [0.25, 0.3) is 0 Å². The summed E-state index contributed by atoms with van der Waals surface area (Å²) in [5.41, 5.74) is 1.80. The predicted octanol–water partition coefficient (Wildman–Crippen LogP) is 2.28. The molecule has 0 amide bonds. The van der Waals surface area contributed by atoms with Gasteiger partial charge in [0.15, 0.2) is 10.1 Å². The van der Waals surface area contributed by atoms with E-state index in [0.717, 1.165) is 35.3 Å². The number of hydrogen-bond acceptors (Lipinski definition) is 3. The molecule has 3 heteroatoms. The Morgan fingerprint density at radius 1 is 1.00 bits per heavy atom. The Hall–Kier alpha value is -0.700. The summed E-state index contributed by atoms with van der Waals surface area (Å²) in [5.74, 6) is 0. The van der Waals surface area contributed by atoms with E-state index in [1.54, 1.807) is 0 Å². The summed E-state index contributed by atoms with van der Waals surface area (Å²) in [5, 5.41) is 19.1. The molecule has 1 aromatic rings. The highest BCUT2D eigenvalue weighted by Gasteiger charge is 2.13. The number of hydrogen-bond donors (Lipinski definition) is 2. The zero-order valence-corrected chi connectivity index (χ0v) is 7.53. The summed E-state index contributed by atoms with van der Waals surface area (Å²) in [6.07, 6.45) is 1.57. The van der Waals surface area contributed by atoms with Crippen LogP contribution in [-0.4, -0.2) is 10.2 Å². The predicted molar refractivity (Wildman–Crippen MR) is 46.4 cm³/mol. The lowest BCUT2D eigenvalue weighted by Crippen LogP contribution is -1.84. The summed E-state index contributed by atoms with van der Waals surface area (Å²) in [7, 11) is 0. The van der Waals surface area contributed by atoms with Gasteiger partial charge in [0.1, 0.15) is 0 Å². The molecule has 62 valence electrons. The average molecular weight is 172 g/mol. The second-order valence-electron chi connectivity index (χ2n) is 2.38. The van der Waals surface area contributed by atoms with Crippen LogP contribution >= 0.6 is 11.3 Å². The zero-order valence-electron chi connectivity index (χ0n) is 6.72. The van der Waals surface area contributed by atoms with E-state index in [0.29, 0.717) is 0 Å². The van der Waals surface area contributed by atoms with E-state index in [2.05, 4.69) is 0 Å². The molecule has 0 aliphatic carbocycles. The lowest BCUT2D eigenvalue weighted by Gasteiger charge is -1.97. The first-order chi connectivity index (χ1) is 5.20. The van der Waals surface area contributed by atoms with Crippen LogP contribution in [0.2, 0.25) is 0 Å². The van der Waals surface area contributed by atoms with Crippen LogP contribution in [0.4, 0.5) is 0 Å². The van der Waals surface area contributed by atoms with E-state index in [-0.39, 0.29) is 10.1 Å². The van der Waals surface area contributed by atoms with Crippen LogP contribution in [0.25, 0.3) is 0 Å². The fraction of sp³-hybridized carbons (Fsp3) is 0.500. The van der Waals surface area contributed by atoms with Crippen molar-refractivity contribution in [1.82, 2.24) is 0 Å². The van der Waals surface area contributed by atoms with Crippen molar-refractivity contribution in [3.8, 4) is 10.1 Å². The van der Waals surface area contributed by atoms with Crippen LogP contribution in [0.15, 0.2) is 0 Å². The van der Waals surface area contributed by atoms with E-state index in [9.17, 15) is 10.2 Å². The highest BCUT2D eigenvalue weighted by atomic mass is 32.1. The van der Waals surface area contributed by atoms with Crippen molar-refractivity contribution in [2.75, 3.05) is 0 Å². The largest absolute Gasteiger partial charge is 0.499 e. The van der Waals surface area contributed by atoms with Gasteiger partial charge in [-0.15, -0.1) is 0 Å². The van der Waals surface area contributed by atoms with Crippen molar-refractivity contribution >= 4 is 11.3 Å². The number of rotatable bonds is 2. The molecule has 2 nitrogen and oxygen atoms in total. The molecule has 0 radical (unpaired) electrons. The van der Waals surface area contributed by atoms with Crippen LogP contribution < -0.4 is 0 Å². The maximum Gasteiger partial charge on any atom is 0.178 e. The van der Waals surface area contributed by atoms with Gasteiger partial charge in [-0.3, -0.25) is 0 Å². The van der Waals surface area contributed by atoms with Crippen molar-refractivity contribution < 1.29 is 10.2 Å². The Bertz CT molecular complexity index is 228. The molecule has 1 heterocycles. The minimum atomic E-state index is 0.266. The normalized spacial score (nSPS) is 10.4. The van der Waals surface area contributed by atoms with Crippen molar-refractivity contribution in [3.05, 3.63) is 11.1 Å². The highest BCUT2D eigenvalue weighted by Crippen LogP contribution is 2.39. The summed E-state index contributed by atoms with van der Waals surface area (Å²) < 4.78 is 0. The summed E-state index contributed by atoms with van der Waals surface area (Å²) in [4.78, 5) is 0. The second-order valence-corrected chi connectivity index (χ2v) is 3.35. The number of thiophene rings is 1. The van der Waals surface area contributed by atoms with Gasteiger partial charge < -0.3 is 10.2 Å². The molecule has 0 unspecified atom stereocenters. The maximum absolute atomic E-state index is 9.30. The molecule has 0 fully saturated rings. The minimum Gasteiger partial charge on any atom is -0.499 e. The summed E-state index contributed by atoms with van der Waals surface area (Å²) in [6.45, 7) is 3.95. The van der Waals surface area contributed by atoms with E-state index in [1.807, 2.05) is 13.8 Å². The molecule has 1 rings (SSSR count). The monoisotopic (exact) mass is 172 g/mol. The van der Waals surface area contributed by atoms with Crippen LogP contribution in [0.3, 0.4) is 0 Å². The molecule has 0 aromatic carbocycles. The molecule has 11 heavy (non-hydrogen) atoms. The van der Waals surface area contributed by atoms with Crippen LogP contribution in [-0.2, 0) is 12.8 Å². The van der Waals surface area contributed by atoms with Crippen molar-refractivity contribution in [3.63, 3.8) is 0 Å². The molecular formula is C8H12O2S. The van der Waals surface area contributed by atoms with Crippen molar-refractivity contribution in [2.24, 2.45) is 0 Å². The molecule has 0 bridgehead atoms. The third kappa shape index (κ3) is 1.33. The van der Waals surface area contributed by atoms with Gasteiger partial charge in [-0.25, -0.2) is 0 Å². The van der Waals surface area contributed by atoms with E-state index in [4.69, 9.17) is 0 Å². The Balaban J connectivity index is 3.17. The quantitative estimate of drug-likeness (QED) is 0.718. The van der Waals surface area contributed by atoms with Gasteiger partial charge >= 0.3 is 0 Å². The first-order valence-corrected chi connectivity index (χ1v) is 4.54.